The van der Waals surface area contributed by atoms with Crippen LogP contribution in [-0.2, 0) is 12.8 Å². The fraction of sp³-hybridized carbons (Fsp3) is 0.375. The maximum atomic E-state index is 4.06. The highest BCUT2D eigenvalue weighted by Crippen LogP contribution is 2.14. The largest absolute Gasteiger partial charge is 0.0995 e. The lowest BCUT2D eigenvalue weighted by molar-refractivity contribution is 0.990. The second-order valence-corrected chi connectivity index (χ2v) is 4.38. The Morgan fingerprint density at radius 1 is 0.938 bits per heavy atom. The van der Waals surface area contributed by atoms with E-state index in [-0.39, 0.29) is 0 Å². The Labute approximate surface area is 99.7 Å². The van der Waals surface area contributed by atoms with Crippen molar-refractivity contribution in [3.8, 4) is 0 Å². The lowest BCUT2D eigenvalue weighted by Gasteiger charge is -2.07. The molecular formula is C16H22. The van der Waals surface area contributed by atoms with Crippen LogP contribution in [0.25, 0.3) is 0 Å². The Bertz CT molecular complexity index is 338. The Kier molecular flexibility index (Phi) is 5.04. The average Bonchev–Trinajstić information content (AvgIpc) is 2.29. The van der Waals surface area contributed by atoms with Crippen molar-refractivity contribution < 1.29 is 0 Å². The topological polar surface area (TPSA) is 0 Å². The SMILES string of the molecule is C=C(CC)Cc1cccc(CC(=C)CC)c1. The van der Waals surface area contributed by atoms with Crippen molar-refractivity contribution >= 4 is 0 Å². The van der Waals surface area contributed by atoms with E-state index < -0.39 is 0 Å². The summed E-state index contributed by atoms with van der Waals surface area (Å²) in [6, 6.07) is 8.77. The van der Waals surface area contributed by atoms with E-state index in [0.717, 1.165) is 25.7 Å². The zero-order valence-electron chi connectivity index (χ0n) is 10.6. The Morgan fingerprint density at radius 2 is 1.38 bits per heavy atom. The van der Waals surface area contributed by atoms with Crippen LogP contribution in [0.1, 0.15) is 37.8 Å². The van der Waals surface area contributed by atoms with Gasteiger partial charge in [0, 0.05) is 0 Å². The first-order valence-electron chi connectivity index (χ1n) is 6.06. The van der Waals surface area contributed by atoms with E-state index in [9.17, 15) is 0 Å². The summed E-state index contributed by atoms with van der Waals surface area (Å²) in [5, 5.41) is 0. The minimum atomic E-state index is 1.00. The molecule has 0 amide bonds. The predicted octanol–water partition coefficient (Wildman–Crippen LogP) is 4.70. The van der Waals surface area contributed by atoms with Gasteiger partial charge in [0.1, 0.15) is 0 Å². The van der Waals surface area contributed by atoms with Crippen LogP contribution in [0.15, 0.2) is 48.6 Å². The molecule has 0 heteroatoms. The minimum Gasteiger partial charge on any atom is -0.0995 e. The minimum absolute atomic E-state index is 1.00. The molecule has 16 heavy (non-hydrogen) atoms. The second-order valence-electron chi connectivity index (χ2n) is 4.38. The van der Waals surface area contributed by atoms with Crippen molar-refractivity contribution in [3.05, 3.63) is 59.7 Å². The molecule has 0 aliphatic carbocycles. The highest BCUT2D eigenvalue weighted by Gasteiger charge is 1.99. The van der Waals surface area contributed by atoms with Gasteiger partial charge in [-0.2, -0.15) is 0 Å². The van der Waals surface area contributed by atoms with E-state index in [0.29, 0.717) is 0 Å². The Morgan fingerprint density at radius 3 is 1.75 bits per heavy atom. The van der Waals surface area contributed by atoms with Gasteiger partial charge in [-0.1, -0.05) is 62.4 Å². The Balaban J connectivity index is 2.71. The third-order valence-corrected chi connectivity index (χ3v) is 2.90. The lowest BCUT2D eigenvalue weighted by atomic mass is 9.99. The second kappa shape index (κ2) is 6.32. The zero-order chi connectivity index (χ0) is 12.0. The quantitative estimate of drug-likeness (QED) is 0.602. The molecular weight excluding hydrogens is 192 g/mol. The summed E-state index contributed by atoms with van der Waals surface area (Å²) in [6.45, 7) is 12.4. The normalized spacial score (nSPS) is 10.1. The van der Waals surface area contributed by atoms with Gasteiger partial charge in [0.2, 0.25) is 0 Å². The van der Waals surface area contributed by atoms with Gasteiger partial charge in [-0.05, 0) is 36.8 Å². The molecule has 0 aliphatic heterocycles. The molecule has 0 saturated carbocycles. The summed E-state index contributed by atoms with van der Waals surface area (Å²) in [5.74, 6) is 0. The third-order valence-electron chi connectivity index (χ3n) is 2.90. The van der Waals surface area contributed by atoms with Crippen molar-refractivity contribution in [1.82, 2.24) is 0 Å². The Hall–Kier alpha value is -1.30. The summed E-state index contributed by atoms with van der Waals surface area (Å²) >= 11 is 0. The van der Waals surface area contributed by atoms with Crippen LogP contribution in [0.4, 0.5) is 0 Å². The molecule has 1 aromatic rings. The average molecular weight is 214 g/mol. The van der Waals surface area contributed by atoms with Crippen LogP contribution in [-0.4, -0.2) is 0 Å². The summed E-state index contributed by atoms with van der Waals surface area (Å²) in [4.78, 5) is 0. The first-order valence-corrected chi connectivity index (χ1v) is 6.06. The van der Waals surface area contributed by atoms with E-state index in [1.807, 2.05) is 0 Å². The van der Waals surface area contributed by atoms with Crippen molar-refractivity contribution in [2.24, 2.45) is 0 Å². The summed E-state index contributed by atoms with van der Waals surface area (Å²) < 4.78 is 0. The monoisotopic (exact) mass is 214 g/mol. The molecule has 1 aromatic carbocycles. The zero-order valence-corrected chi connectivity index (χ0v) is 10.6. The summed E-state index contributed by atoms with van der Waals surface area (Å²) in [5.41, 5.74) is 5.33. The molecule has 0 N–H and O–H groups in total. The first kappa shape index (κ1) is 12.8. The van der Waals surface area contributed by atoms with Crippen molar-refractivity contribution in [3.63, 3.8) is 0 Å². The third kappa shape index (κ3) is 4.06. The molecule has 1 rings (SSSR count). The molecule has 86 valence electrons. The molecule has 0 aliphatic rings. The van der Waals surface area contributed by atoms with Crippen molar-refractivity contribution in [2.75, 3.05) is 0 Å². The number of allylic oxidation sites excluding steroid dienone is 2. The smallest absolute Gasteiger partial charge is 0.00698 e. The molecule has 0 aromatic heterocycles. The highest BCUT2D eigenvalue weighted by molar-refractivity contribution is 5.29. The highest BCUT2D eigenvalue weighted by atomic mass is 14.0. The molecule has 0 bridgehead atoms. The number of hydrogen-bond donors (Lipinski definition) is 0. The van der Waals surface area contributed by atoms with Crippen LogP contribution in [0.5, 0.6) is 0 Å². The predicted molar refractivity (Wildman–Crippen MR) is 72.7 cm³/mol. The maximum absolute atomic E-state index is 4.06. The fourth-order valence-corrected chi connectivity index (χ4v) is 1.68. The van der Waals surface area contributed by atoms with E-state index in [1.54, 1.807) is 0 Å². The summed E-state index contributed by atoms with van der Waals surface area (Å²) in [6.07, 6.45) is 4.13. The van der Waals surface area contributed by atoms with Gasteiger partial charge >= 0.3 is 0 Å². The van der Waals surface area contributed by atoms with Gasteiger partial charge < -0.3 is 0 Å². The lowest BCUT2D eigenvalue weighted by Crippen LogP contribution is -1.92. The number of hydrogen-bond acceptors (Lipinski definition) is 0. The van der Waals surface area contributed by atoms with Crippen LogP contribution in [0.3, 0.4) is 0 Å². The van der Waals surface area contributed by atoms with Crippen LogP contribution in [0, 0.1) is 0 Å². The maximum Gasteiger partial charge on any atom is -0.00698 e. The summed E-state index contributed by atoms with van der Waals surface area (Å²) in [7, 11) is 0. The molecule has 0 nitrogen and oxygen atoms in total. The van der Waals surface area contributed by atoms with E-state index in [1.165, 1.54) is 22.3 Å². The molecule has 0 saturated heterocycles. The standard InChI is InChI=1S/C16H22/c1-5-13(3)10-15-8-7-9-16(12-15)11-14(4)6-2/h7-9,12H,3-6,10-11H2,1-2H3. The molecule has 0 spiro atoms. The van der Waals surface area contributed by atoms with Gasteiger partial charge in [-0.15, -0.1) is 0 Å². The van der Waals surface area contributed by atoms with Gasteiger partial charge in [-0.25, -0.2) is 0 Å². The van der Waals surface area contributed by atoms with E-state index in [2.05, 4.69) is 51.3 Å². The van der Waals surface area contributed by atoms with Crippen LogP contribution < -0.4 is 0 Å². The van der Waals surface area contributed by atoms with Crippen LogP contribution in [0.2, 0.25) is 0 Å². The molecule has 0 atom stereocenters. The van der Waals surface area contributed by atoms with Gasteiger partial charge in [0.25, 0.3) is 0 Å². The molecule has 0 radical (unpaired) electrons. The van der Waals surface area contributed by atoms with Crippen LogP contribution >= 0.6 is 0 Å². The molecule has 0 unspecified atom stereocenters. The number of rotatable bonds is 6. The van der Waals surface area contributed by atoms with Gasteiger partial charge in [0.05, 0.1) is 0 Å². The van der Waals surface area contributed by atoms with Crippen molar-refractivity contribution in [1.29, 1.82) is 0 Å². The van der Waals surface area contributed by atoms with E-state index >= 15 is 0 Å². The van der Waals surface area contributed by atoms with E-state index in [4.69, 9.17) is 0 Å². The first-order chi connectivity index (χ1) is 7.65. The fourth-order valence-electron chi connectivity index (χ4n) is 1.68. The molecule has 0 fully saturated rings. The van der Waals surface area contributed by atoms with Crippen molar-refractivity contribution in [2.45, 2.75) is 39.5 Å². The molecule has 0 heterocycles. The number of benzene rings is 1. The van der Waals surface area contributed by atoms with Gasteiger partial charge in [0.15, 0.2) is 0 Å². The van der Waals surface area contributed by atoms with Gasteiger partial charge in [-0.3, -0.25) is 0 Å².